The molecular weight excluding hydrogens is 188 g/mol. The number of pyridine rings is 1. The van der Waals surface area contributed by atoms with Gasteiger partial charge in [0.1, 0.15) is 6.10 Å². The van der Waals surface area contributed by atoms with E-state index in [2.05, 4.69) is 23.3 Å². The Morgan fingerprint density at radius 1 is 1.47 bits per heavy atom. The zero-order valence-electron chi connectivity index (χ0n) is 9.36. The standard InChI is InChI=1S/C12H18N2O/c1-3-9-4-5-12(14-8-9)15-11-6-10(7-11)13-2/h4-5,8,10-11,13H,3,6-7H2,1-2H3. The van der Waals surface area contributed by atoms with Gasteiger partial charge in [0.15, 0.2) is 0 Å². The molecule has 1 saturated carbocycles. The topological polar surface area (TPSA) is 34.1 Å². The zero-order valence-corrected chi connectivity index (χ0v) is 9.36. The van der Waals surface area contributed by atoms with Crippen LogP contribution in [0.1, 0.15) is 25.3 Å². The average Bonchev–Trinajstić information content (AvgIpc) is 2.23. The first-order chi connectivity index (χ1) is 7.31. The molecule has 0 amide bonds. The van der Waals surface area contributed by atoms with Crippen LogP contribution < -0.4 is 10.1 Å². The Kier molecular flexibility index (Phi) is 3.21. The van der Waals surface area contributed by atoms with E-state index in [-0.39, 0.29) is 0 Å². The molecule has 0 unspecified atom stereocenters. The number of rotatable bonds is 4. The van der Waals surface area contributed by atoms with Gasteiger partial charge in [-0.25, -0.2) is 4.98 Å². The van der Waals surface area contributed by atoms with E-state index in [1.807, 2.05) is 19.3 Å². The second-order valence-corrected chi connectivity index (χ2v) is 4.06. The first-order valence-electron chi connectivity index (χ1n) is 5.60. The van der Waals surface area contributed by atoms with Crippen molar-refractivity contribution in [1.29, 1.82) is 0 Å². The first kappa shape index (κ1) is 10.4. The summed E-state index contributed by atoms with van der Waals surface area (Å²) in [5.41, 5.74) is 1.25. The number of aryl methyl sites for hydroxylation is 1. The summed E-state index contributed by atoms with van der Waals surface area (Å²) in [6, 6.07) is 4.67. The van der Waals surface area contributed by atoms with Crippen molar-refractivity contribution >= 4 is 0 Å². The van der Waals surface area contributed by atoms with Crippen molar-refractivity contribution in [1.82, 2.24) is 10.3 Å². The molecule has 0 saturated heterocycles. The molecular formula is C12H18N2O. The fourth-order valence-corrected chi connectivity index (χ4v) is 1.76. The molecule has 1 aromatic heterocycles. The van der Waals surface area contributed by atoms with Gasteiger partial charge in [0.25, 0.3) is 0 Å². The van der Waals surface area contributed by atoms with Crippen LogP contribution in [0.25, 0.3) is 0 Å². The van der Waals surface area contributed by atoms with E-state index in [1.54, 1.807) is 0 Å². The Bertz CT molecular complexity index is 304. The average molecular weight is 206 g/mol. The first-order valence-corrected chi connectivity index (χ1v) is 5.60. The van der Waals surface area contributed by atoms with Crippen molar-refractivity contribution in [2.24, 2.45) is 0 Å². The van der Waals surface area contributed by atoms with Crippen molar-refractivity contribution in [2.45, 2.75) is 38.3 Å². The Hall–Kier alpha value is -1.09. The lowest BCUT2D eigenvalue weighted by Gasteiger charge is -2.34. The molecule has 0 spiro atoms. The molecule has 15 heavy (non-hydrogen) atoms. The summed E-state index contributed by atoms with van der Waals surface area (Å²) in [7, 11) is 2.00. The molecule has 0 aromatic carbocycles. The molecule has 1 N–H and O–H groups in total. The number of nitrogens with zero attached hydrogens (tertiary/aromatic N) is 1. The maximum Gasteiger partial charge on any atom is 0.213 e. The number of hydrogen-bond acceptors (Lipinski definition) is 3. The van der Waals surface area contributed by atoms with Crippen LogP contribution >= 0.6 is 0 Å². The third kappa shape index (κ3) is 2.48. The van der Waals surface area contributed by atoms with Crippen molar-refractivity contribution in [3.05, 3.63) is 23.9 Å². The van der Waals surface area contributed by atoms with Crippen LogP contribution in [0.2, 0.25) is 0 Å². The summed E-state index contributed by atoms with van der Waals surface area (Å²) in [4.78, 5) is 4.28. The monoisotopic (exact) mass is 206 g/mol. The van der Waals surface area contributed by atoms with E-state index in [0.717, 1.165) is 25.1 Å². The zero-order chi connectivity index (χ0) is 10.7. The summed E-state index contributed by atoms with van der Waals surface area (Å²) in [5.74, 6) is 0.756. The Morgan fingerprint density at radius 2 is 2.27 bits per heavy atom. The molecule has 1 fully saturated rings. The minimum absolute atomic E-state index is 0.349. The van der Waals surface area contributed by atoms with Gasteiger partial charge in [-0.1, -0.05) is 13.0 Å². The smallest absolute Gasteiger partial charge is 0.213 e. The number of aromatic nitrogens is 1. The maximum absolute atomic E-state index is 5.73. The van der Waals surface area contributed by atoms with E-state index < -0.39 is 0 Å². The van der Waals surface area contributed by atoms with Crippen molar-refractivity contribution < 1.29 is 4.74 Å². The molecule has 82 valence electrons. The van der Waals surface area contributed by atoms with Crippen molar-refractivity contribution in [2.75, 3.05) is 7.05 Å². The minimum atomic E-state index is 0.349. The summed E-state index contributed by atoms with van der Waals surface area (Å²) in [5, 5.41) is 3.23. The highest BCUT2D eigenvalue weighted by Crippen LogP contribution is 2.24. The lowest BCUT2D eigenvalue weighted by molar-refractivity contribution is 0.0839. The summed E-state index contributed by atoms with van der Waals surface area (Å²) in [6.45, 7) is 2.13. The van der Waals surface area contributed by atoms with Crippen LogP contribution in [0.4, 0.5) is 0 Å². The van der Waals surface area contributed by atoms with Gasteiger partial charge in [0.2, 0.25) is 5.88 Å². The lowest BCUT2D eigenvalue weighted by Crippen LogP contribution is -2.45. The minimum Gasteiger partial charge on any atom is -0.474 e. The summed E-state index contributed by atoms with van der Waals surface area (Å²) < 4.78 is 5.73. The largest absolute Gasteiger partial charge is 0.474 e. The third-order valence-electron chi connectivity index (χ3n) is 3.00. The van der Waals surface area contributed by atoms with Crippen LogP contribution in [-0.4, -0.2) is 24.2 Å². The third-order valence-corrected chi connectivity index (χ3v) is 3.00. The highest BCUT2D eigenvalue weighted by Gasteiger charge is 2.29. The highest BCUT2D eigenvalue weighted by atomic mass is 16.5. The van der Waals surface area contributed by atoms with Gasteiger partial charge in [-0.3, -0.25) is 0 Å². The molecule has 0 bridgehead atoms. The normalized spacial score (nSPS) is 24.7. The Labute approximate surface area is 90.9 Å². The SMILES string of the molecule is CCc1ccc(OC2CC(NC)C2)nc1. The molecule has 1 aliphatic rings. The molecule has 3 heteroatoms. The number of nitrogens with one attached hydrogen (secondary N) is 1. The molecule has 0 radical (unpaired) electrons. The predicted molar refractivity (Wildman–Crippen MR) is 60.1 cm³/mol. The van der Waals surface area contributed by atoms with E-state index >= 15 is 0 Å². The number of ether oxygens (including phenoxy) is 1. The molecule has 0 aliphatic heterocycles. The van der Waals surface area contributed by atoms with Crippen molar-refractivity contribution in [3.8, 4) is 5.88 Å². The summed E-state index contributed by atoms with van der Waals surface area (Å²) in [6.07, 6.45) is 5.45. The van der Waals surface area contributed by atoms with Gasteiger partial charge >= 0.3 is 0 Å². The molecule has 1 aromatic rings. The Morgan fingerprint density at radius 3 is 2.80 bits per heavy atom. The van der Waals surface area contributed by atoms with Crippen LogP contribution in [0.15, 0.2) is 18.3 Å². The van der Waals surface area contributed by atoms with Crippen LogP contribution in [-0.2, 0) is 6.42 Å². The van der Waals surface area contributed by atoms with Crippen LogP contribution in [0.3, 0.4) is 0 Å². The number of hydrogen-bond donors (Lipinski definition) is 1. The molecule has 1 heterocycles. The summed E-state index contributed by atoms with van der Waals surface area (Å²) >= 11 is 0. The lowest BCUT2D eigenvalue weighted by atomic mass is 9.89. The van der Waals surface area contributed by atoms with Gasteiger partial charge in [-0.2, -0.15) is 0 Å². The fourth-order valence-electron chi connectivity index (χ4n) is 1.76. The van der Waals surface area contributed by atoms with E-state index in [1.165, 1.54) is 5.56 Å². The Balaban J connectivity index is 1.84. The van der Waals surface area contributed by atoms with E-state index in [9.17, 15) is 0 Å². The second kappa shape index (κ2) is 4.62. The van der Waals surface area contributed by atoms with Gasteiger partial charge in [0.05, 0.1) is 0 Å². The molecule has 3 nitrogen and oxygen atoms in total. The maximum atomic E-state index is 5.73. The highest BCUT2D eigenvalue weighted by molar-refractivity contribution is 5.18. The van der Waals surface area contributed by atoms with Gasteiger partial charge in [-0.05, 0) is 31.9 Å². The molecule has 1 aliphatic carbocycles. The molecule has 0 atom stereocenters. The quantitative estimate of drug-likeness (QED) is 0.815. The second-order valence-electron chi connectivity index (χ2n) is 4.06. The molecule has 2 rings (SSSR count). The van der Waals surface area contributed by atoms with Gasteiger partial charge in [0, 0.05) is 18.3 Å². The van der Waals surface area contributed by atoms with E-state index in [4.69, 9.17) is 4.74 Å². The van der Waals surface area contributed by atoms with Crippen LogP contribution in [0.5, 0.6) is 5.88 Å². The van der Waals surface area contributed by atoms with E-state index in [0.29, 0.717) is 12.1 Å². The predicted octanol–water partition coefficient (Wildman–Crippen LogP) is 1.77. The van der Waals surface area contributed by atoms with Gasteiger partial charge in [-0.15, -0.1) is 0 Å². The fraction of sp³-hybridized carbons (Fsp3) is 0.583. The van der Waals surface area contributed by atoms with Crippen LogP contribution in [0, 0.1) is 0 Å². The van der Waals surface area contributed by atoms with Gasteiger partial charge < -0.3 is 10.1 Å². The van der Waals surface area contributed by atoms with Crippen molar-refractivity contribution in [3.63, 3.8) is 0 Å².